The zero-order valence-corrected chi connectivity index (χ0v) is 16.0. The van der Waals surface area contributed by atoms with Crippen LogP contribution in [0.1, 0.15) is 42.4 Å². The Hall–Kier alpha value is -3.23. The van der Waals surface area contributed by atoms with E-state index in [1.54, 1.807) is 23.1 Å². The van der Waals surface area contributed by atoms with E-state index in [-0.39, 0.29) is 18.8 Å². The lowest BCUT2D eigenvalue weighted by Crippen LogP contribution is -2.40. The van der Waals surface area contributed by atoms with Crippen LogP contribution in [-0.2, 0) is 17.7 Å². The predicted molar refractivity (Wildman–Crippen MR) is 99.5 cm³/mol. The fourth-order valence-electron chi connectivity index (χ4n) is 3.10. The number of carbonyl (C=O) groups is 2. The van der Waals surface area contributed by atoms with Gasteiger partial charge in [0.05, 0.1) is 6.54 Å². The summed E-state index contributed by atoms with van der Waals surface area (Å²) in [5.74, 6) is 1.24. The van der Waals surface area contributed by atoms with Gasteiger partial charge in [0.1, 0.15) is 5.60 Å². The molecule has 9 heteroatoms. The molecule has 2 aliphatic heterocycles. The zero-order valence-electron chi connectivity index (χ0n) is 16.0. The van der Waals surface area contributed by atoms with Crippen LogP contribution in [-0.4, -0.2) is 46.0 Å². The second-order valence-corrected chi connectivity index (χ2v) is 7.70. The normalized spacial score (nSPS) is 15.2. The van der Waals surface area contributed by atoms with Crippen molar-refractivity contribution in [3.8, 4) is 11.5 Å². The van der Waals surface area contributed by atoms with E-state index in [2.05, 4.69) is 15.5 Å². The highest BCUT2D eigenvalue weighted by atomic mass is 16.7. The van der Waals surface area contributed by atoms with Crippen molar-refractivity contribution in [2.45, 2.75) is 39.3 Å². The molecule has 0 saturated carbocycles. The molecule has 0 fully saturated rings. The Balaban J connectivity index is 1.48. The zero-order chi connectivity index (χ0) is 19.9. The molecular formula is C19H22N4O5. The number of carbonyl (C=O) groups excluding carboxylic acids is 2. The van der Waals surface area contributed by atoms with Gasteiger partial charge in [0.2, 0.25) is 6.79 Å². The molecule has 28 heavy (non-hydrogen) atoms. The minimum atomic E-state index is -0.565. The van der Waals surface area contributed by atoms with E-state index in [1.165, 1.54) is 0 Å². The number of amides is 2. The van der Waals surface area contributed by atoms with Gasteiger partial charge in [-0.05, 0) is 39.0 Å². The van der Waals surface area contributed by atoms with E-state index < -0.39 is 5.60 Å². The van der Waals surface area contributed by atoms with Gasteiger partial charge in [-0.2, -0.15) is 5.10 Å². The van der Waals surface area contributed by atoms with Crippen molar-refractivity contribution < 1.29 is 23.8 Å². The molecule has 0 aliphatic carbocycles. The third kappa shape index (κ3) is 3.60. The average Bonchev–Trinajstić information content (AvgIpc) is 3.26. The van der Waals surface area contributed by atoms with Crippen LogP contribution in [0.15, 0.2) is 18.2 Å². The number of H-pyrrole nitrogens is 1. The quantitative estimate of drug-likeness (QED) is 0.822. The van der Waals surface area contributed by atoms with Crippen LogP contribution in [0.2, 0.25) is 0 Å². The minimum absolute atomic E-state index is 0.147. The highest BCUT2D eigenvalue weighted by Crippen LogP contribution is 2.33. The van der Waals surface area contributed by atoms with Crippen molar-refractivity contribution in [2.24, 2.45) is 0 Å². The molecule has 148 valence electrons. The molecule has 0 unspecified atom stereocenters. The van der Waals surface area contributed by atoms with Gasteiger partial charge in [-0.1, -0.05) is 0 Å². The van der Waals surface area contributed by atoms with Gasteiger partial charge >= 0.3 is 6.09 Å². The first kappa shape index (κ1) is 18.1. The maximum atomic E-state index is 12.6. The molecule has 4 rings (SSSR count). The van der Waals surface area contributed by atoms with Gasteiger partial charge in [0.15, 0.2) is 17.3 Å². The van der Waals surface area contributed by atoms with Crippen molar-refractivity contribution >= 4 is 17.8 Å². The number of anilines is 1. The molecule has 0 radical (unpaired) electrons. The Kier molecular flexibility index (Phi) is 4.37. The van der Waals surface area contributed by atoms with Crippen molar-refractivity contribution in [1.29, 1.82) is 0 Å². The van der Waals surface area contributed by atoms with E-state index in [9.17, 15) is 9.59 Å². The van der Waals surface area contributed by atoms with Crippen LogP contribution in [0.4, 0.5) is 10.6 Å². The number of aromatic amines is 1. The van der Waals surface area contributed by atoms with Crippen molar-refractivity contribution in [2.75, 3.05) is 18.7 Å². The third-order valence-corrected chi connectivity index (χ3v) is 4.45. The fraction of sp³-hybridized carbons (Fsp3) is 0.421. The van der Waals surface area contributed by atoms with Crippen LogP contribution in [0, 0.1) is 0 Å². The summed E-state index contributed by atoms with van der Waals surface area (Å²) in [4.78, 5) is 26.6. The van der Waals surface area contributed by atoms with Crippen LogP contribution in [0.5, 0.6) is 11.5 Å². The molecule has 3 heterocycles. The molecule has 2 amide bonds. The second kappa shape index (κ2) is 6.74. The van der Waals surface area contributed by atoms with E-state index >= 15 is 0 Å². The molecule has 1 aromatic heterocycles. The summed E-state index contributed by atoms with van der Waals surface area (Å²) in [7, 11) is 0. The number of hydrogen-bond acceptors (Lipinski definition) is 6. The largest absolute Gasteiger partial charge is 0.454 e. The lowest BCUT2D eigenvalue weighted by atomic mass is 10.1. The highest BCUT2D eigenvalue weighted by Gasteiger charge is 2.29. The summed E-state index contributed by atoms with van der Waals surface area (Å²) in [6, 6.07) is 4.99. The van der Waals surface area contributed by atoms with E-state index in [0.29, 0.717) is 42.4 Å². The molecule has 0 spiro atoms. The number of aromatic nitrogens is 2. The van der Waals surface area contributed by atoms with Crippen LogP contribution < -0.4 is 14.8 Å². The second-order valence-electron chi connectivity index (χ2n) is 7.70. The Morgan fingerprint density at radius 2 is 2.04 bits per heavy atom. The lowest BCUT2D eigenvalue weighted by molar-refractivity contribution is 0.0224. The topological polar surface area (TPSA) is 106 Å². The Morgan fingerprint density at radius 3 is 2.82 bits per heavy atom. The van der Waals surface area contributed by atoms with Crippen LogP contribution >= 0.6 is 0 Å². The van der Waals surface area contributed by atoms with Gasteiger partial charge in [-0.3, -0.25) is 9.89 Å². The molecule has 2 aliphatic rings. The Bertz CT molecular complexity index is 931. The monoisotopic (exact) mass is 386 g/mol. The predicted octanol–water partition coefficient (Wildman–Crippen LogP) is 2.68. The van der Waals surface area contributed by atoms with Crippen molar-refractivity contribution in [1.82, 2.24) is 15.1 Å². The molecule has 2 aromatic rings. The molecule has 0 saturated heterocycles. The van der Waals surface area contributed by atoms with E-state index in [1.807, 2.05) is 20.8 Å². The lowest BCUT2D eigenvalue weighted by Gasteiger charge is -2.30. The summed E-state index contributed by atoms with van der Waals surface area (Å²) in [5, 5.41) is 9.97. The molecule has 2 N–H and O–H groups in total. The Labute approximate surface area is 161 Å². The number of nitrogens with one attached hydrogen (secondary N) is 2. The van der Waals surface area contributed by atoms with Crippen LogP contribution in [0.25, 0.3) is 0 Å². The third-order valence-electron chi connectivity index (χ3n) is 4.45. The first-order valence-corrected chi connectivity index (χ1v) is 9.05. The smallest absolute Gasteiger partial charge is 0.410 e. The van der Waals surface area contributed by atoms with Gasteiger partial charge in [0.25, 0.3) is 5.91 Å². The van der Waals surface area contributed by atoms with Gasteiger partial charge in [-0.25, -0.2) is 4.79 Å². The van der Waals surface area contributed by atoms with Crippen molar-refractivity contribution in [3.05, 3.63) is 35.0 Å². The fourth-order valence-corrected chi connectivity index (χ4v) is 3.10. The molecule has 0 atom stereocenters. The summed E-state index contributed by atoms with van der Waals surface area (Å²) in [6.45, 7) is 6.48. The number of ether oxygens (including phenoxy) is 3. The summed E-state index contributed by atoms with van der Waals surface area (Å²) < 4.78 is 16.0. The van der Waals surface area contributed by atoms with Crippen molar-refractivity contribution in [3.63, 3.8) is 0 Å². The van der Waals surface area contributed by atoms with Gasteiger partial charge < -0.3 is 24.4 Å². The summed E-state index contributed by atoms with van der Waals surface area (Å²) >= 11 is 0. The maximum absolute atomic E-state index is 12.6. The van der Waals surface area contributed by atoms with Gasteiger partial charge in [0, 0.05) is 29.8 Å². The SMILES string of the molecule is CC(C)(C)OC(=O)N1CCc2[nH]nc(NC(=O)c3ccc4c(c3)OCO4)c2C1. The number of rotatable bonds is 2. The average molecular weight is 386 g/mol. The number of hydrogen-bond donors (Lipinski definition) is 2. The number of nitrogens with zero attached hydrogens (tertiary/aromatic N) is 2. The molecule has 9 nitrogen and oxygen atoms in total. The van der Waals surface area contributed by atoms with E-state index in [4.69, 9.17) is 14.2 Å². The molecule has 0 bridgehead atoms. The van der Waals surface area contributed by atoms with E-state index in [0.717, 1.165) is 11.3 Å². The molecular weight excluding hydrogens is 364 g/mol. The first-order chi connectivity index (χ1) is 13.3. The summed E-state index contributed by atoms with van der Waals surface area (Å²) in [5.41, 5.74) is 1.55. The standard InChI is InChI=1S/C19H22N4O5/c1-19(2,3)28-18(25)23-7-6-13-12(9-23)16(22-21-13)20-17(24)11-4-5-14-15(8-11)27-10-26-14/h4-5,8H,6-7,9-10H2,1-3H3,(H2,20,21,22,24). The molecule has 1 aromatic carbocycles. The Morgan fingerprint density at radius 1 is 1.25 bits per heavy atom. The highest BCUT2D eigenvalue weighted by molar-refractivity contribution is 6.04. The number of fused-ring (bicyclic) bond motifs is 2. The number of benzene rings is 1. The van der Waals surface area contributed by atoms with Gasteiger partial charge in [-0.15, -0.1) is 0 Å². The van der Waals surface area contributed by atoms with Crippen LogP contribution in [0.3, 0.4) is 0 Å². The maximum Gasteiger partial charge on any atom is 0.410 e. The first-order valence-electron chi connectivity index (χ1n) is 9.05. The summed E-state index contributed by atoms with van der Waals surface area (Å²) in [6.07, 6.45) is 0.231. The minimum Gasteiger partial charge on any atom is -0.454 e.